The number of likely N-dealkylation sites (tertiary alicyclic amines) is 1. The molecule has 126 valence electrons. The van der Waals surface area contributed by atoms with Crippen LogP contribution in [0.15, 0.2) is 34.9 Å². The van der Waals surface area contributed by atoms with Crippen molar-refractivity contribution in [3.63, 3.8) is 0 Å². The van der Waals surface area contributed by atoms with Gasteiger partial charge in [0.05, 0.1) is 29.1 Å². The van der Waals surface area contributed by atoms with Crippen molar-refractivity contribution in [1.29, 1.82) is 0 Å². The van der Waals surface area contributed by atoms with Gasteiger partial charge in [0.15, 0.2) is 0 Å². The van der Waals surface area contributed by atoms with Crippen molar-refractivity contribution in [1.82, 2.24) is 14.7 Å². The molecule has 6 nitrogen and oxygen atoms in total. The van der Waals surface area contributed by atoms with Crippen molar-refractivity contribution in [2.45, 2.75) is 19.8 Å². The van der Waals surface area contributed by atoms with Crippen molar-refractivity contribution in [2.75, 3.05) is 13.1 Å². The summed E-state index contributed by atoms with van der Waals surface area (Å²) >= 11 is 3.41. The molecule has 1 N–H and O–H groups in total. The van der Waals surface area contributed by atoms with E-state index < -0.39 is 11.9 Å². The van der Waals surface area contributed by atoms with Crippen LogP contribution in [0.4, 0.5) is 0 Å². The molecule has 1 aromatic heterocycles. The van der Waals surface area contributed by atoms with Crippen LogP contribution in [0.2, 0.25) is 0 Å². The van der Waals surface area contributed by atoms with Crippen molar-refractivity contribution in [3.8, 4) is 5.69 Å². The fourth-order valence-electron chi connectivity index (χ4n) is 3.01. The molecule has 1 atom stereocenters. The van der Waals surface area contributed by atoms with E-state index in [1.54, 1.807) is 15.8 Å². The molecule has 0 spiro atoms. The molecule has 1 fully saturated rings. The number of rotatable bonds is 4. The van der Waals surface area contributed by atoms with Crippen molar-refractivity contribution < 1.29 is 14.7 Å². The number of nitrogens with zero attached hydrogens (tertiary/aromatic N) is 3. The van der Waals surface area contributed by atoms with E-state index in [4.69, 9.17) is 5.11 Å². The Hall–Kier alpha value is -2.15. The second kappa shape index (κ2) is 6.76. The van der Waals surface area contributed by atoms with Gasteiger partial charge in [0.2, 0.25) is 0 Å². The molecule has 7 heteroatoms. The highest BCUT2D eigenvalue weighted by atomic mass is 79.9. The van der Waals surface area contributed by atoms with Gasteiger partial charge >= 0.3 is 5.97 Å². The second-order valence-corrected chi connectivity index (χ2v) is 6.74. The van der Waals surface area contributed by atoms with Crippen LogP contribution in [0.1, 0.15) is 29.4 Å². The average molecular weight is 392 g/mol. The van der Waals surface area contributed by atoms with Crippen molar-refractivity contribution >= 4 is 27.8 Å². The predicted octanol–water partition coefficient (Wildman–Crippen LogP) is 2.74. The topological polar surface area (TPSA) is 75.4 Å². The average Bonchev–Trinajstić information content (AvgIpc) is 3.22. The Labute approximate surface area is 148 Å². The molecular weight excluding hydrogens is 374 g/mol. The van der Waals surface area contributed by atoms with E-state index in [0.29, 0.717) is 24.9 Å². The van der Waals surface area contributed by atoms with Gasteiger partial charge in [-0.05, 0) is 37.1 Å². The lowest BCUT2D eigenvalue weighted by Gasteiger charge is -2.16. The van der Waals surface area contributed by atoms with E-state index in [2.05, 4.69) is 21.0 Å². The molecule has 1 aliphatic heterocycles. The third-order valence-corrected chi connectivity index (χ3v) is 4.86. The molecular formula is C17H18BrN3O3. The van der Waals surface area contributed by atoms with Gasteiger partial charge in [-0.25, -0.2) is 4.68 Å². The number of carbonyl (C=O) groups excluding carboxylic acids is 1. The van der Waals surface area contributed by atoms with Gasteiger partial charge in [-0.3, -0.25) is 9.59 Å². The molecule has 1 amide bonds. The fraction of sp³-hybridized carbons (Fsp3) is 0.353. The predicted molar refractivity (Wildman–Crippen MR) is 92.3 cm³/mol. The van der Waals surface area contributed by atoms with Gasteiger partial charge in [-0.15, -0.1) is 0 Å². The number of aliphatic carboxylic acids is 1. The SMILES string of the molecule is CCc1c(C(=O)N2CC[C@@H](C(=O)O)C2)cnn1-c1ccc(Br)cc1. The van der Waals surface area contributed by atoms with E-state index in [0.717, 1.165) is 15.9 Å². The number of aromatic nitrogens is 2. The first-order chi connectivity index (χ1) is 11.5. The van der Waals surface area contributed by atoms with Gasteiger partial charge in [-0.1, -0.05) is 22.9 Å². The van der Waals surface area contributed by atoms with Gasteiger partial charge < -0.3 is 10.0 Å². The van der Waals surface area contributed by atoms with E-state index in [9.17, 15) is 9.59 Å². The first-order valence-electron chi connectivity index (χ1n) is 7.86. The quantitative estimate of drug-likeness (QED) is 0.868. The minimum Gasteiger partial charge on any atom is -0.481 e. The summed E-state index contributed by atoms with van der Waals surface area (Å²) in [6.45, 7) is 2.72. The molecule has 1 aliphatic rings. The molecule has 1 aromatic carbocycles. The summed E-state index contributed by atoms with van der Waals surface area (Å²) in [4.78, 5) is 25.5. The zero-order valence-electron chi connectivity index (χ0n) is 13.3. The molecule has 0 saturated carbocycles. The Balaban J connectivity index is 1.88. The highest BCUT2D eigenvalue weighted by Crippen LogP contribution is 2.23. The number of hydrogen-bond donors (Lipinski definition) is 1. The lowest BCUT2D eigenvalue weighted by Crippen LogP contribution is -2.30. The van der Waals surface area contributed by atoms with E-state index in [1.807, 2.05) is 31.2 Å². The molecule has 24 heavy (non-hydrogen) atoms. The third kappa shape index (κ3) is 3.08. The van der Waals surface area contributed by atoms with Crippen molar-refractivity contribution in [3.05, 3.63) is 46.2 Å². The van der Waals surface area contributed by atoms with E-state index in [-0.39, 0.29) is 12.5 Å². The molecule has 2 aromatic rings. The summed E-state index contributed by atoms with van der Waals surface area (Å²) < 4.78 is 2.74. The van der Waals surface area contributed by atoms with Crippen molar-refractivity contribution in [2.24, 2.45) is 5.92 Å². The van der Waals surface area contributed by atoms with Crippen LogP contribution in [0.5, 0.6) is 0 Å². The molecule has 3 rings (SSSR count). The van der Waals surface area contributed by atoms with Crippen LogP contribution in [0, 0.1) is 5.92 Å². The third-order valence-electron chi connectivity index (χ3n) is 4.33. The zero-order chi connectivity index (χ0) is 17.3. The molecule has 1 saturated heterocycles. The maximum atomic E-state index is 12.8. The molecule has 0 aliphatic carbocycles. The lowest BCUT2D eigenvalue weighted by atomic mass is 10.1. The maximum Gasteiger partial charge on any atom is 0.308 e. The van der Waals surface area contributed by atoms with Gasteiger partial charge in [-0.2, -0.15) is 5.10 Å². The number of carboxylic acids is 1. The van der Waals surface area contributed by atoms with Crippen LogP contribution in [-0.4, -0.2) is 44.8 Å². The number of carbonyl (C=O) groups is 2. The Kier molecular flexibility index (Phi) is 4.71. The minimum atomic E-state index is -0.841. The number of amides is 1. The van der Waals surface area contributed by atoms with Crippen LogP contribution >= 0.6 is 15.9 Å². The van der Waals surface area contributed by atoms with Gasteiger partial charge in [0.1, 0.15) is 0 Å². The zero-order valence-corrected chi connectivity index (χ0v) is 14.9. The molecule has 0 bridgehead atoms. The Morgan fingerprint density at radius 1 is 1.33 bits per heavy atom. The summed E-state index contributed by atoms with van der Waals surface area (Å²) in [5, 5.41) is 13.5. The molecule has 2 heterocycles. The van der Waals surface area contributed by atoms with Crippen LogP contribution in [0.3, 0.4) is 0 Å². The first kappa shape index (κ1) is 16.7. The molecule has 0 radical (unpaired) electrons. The summed E-state index contributed by atoms with van der Waals surface area (Å²) in [7, 11) is 0. The lowest BCUT2D eigenvalue weighted by molar-refractivity contribution is -0.141. The Morgan fingerprint density at radius 2 is 2.04 bits per heavy atom. The molecule has 0 unspecified atom stereocenters. The maximum absolute atomic E-state index is 12.8. The van der Waals surface area contributed by atoms with E-state index in [1.165, 1.54) is 0 Å². The Morgan fingerprint density at radius 3 is 2.62 bits per heavy atom. The smallest absolute Gasteiger partial charge is 0.308 e. The number of benzene rings is 1. The summed E-state index contributed by atoms with van der Waals surface area (Å²) in [6, 6.07) is 7.72. The minimum absolute atomic E-state index is 0.140. The second-order valence-electron chi connectivity index (χ2n) is 5.82. The summed E-state index contributed by atoms with van der Waals surface area (Å²) in [5.41, 5.74) is 2.27. The van der Waals surface area contributed by atoms with Gasteiger partial charge in [0.25, 0.3) is 5.91 Å². The summed E-state index contributed by atoms with van der Waals surface area (Å²) in [6.07, 6.45) is 2.74. The number of hydrogen-bond acceptors (Lipinski definition) is 3. The number of carboxylic acid groups (broad SMARTS) is 1. The monoisotopic (exact) mass is 391 g/mol. The van der Waals surface area contributed by atoms with Crippen LogP contribution in [0.25, 0.3) is 5.69 Å². The highest BCUT2D eigenvalue weighted by Gasteiger charge is 2.32. The van der Waals surface area contributed by atoms with Crippen LogP contribution < -0.4 is 0 Å². The van der Waals surface area contributed by atoms with Gasteiger partial charge in [0, 0.05) is 17.6 Å². The first-order valence-corrected chi connectivity index (χ1v) is 8.65. The standard InChI is InChI=1S/C17H18BrN3O3/c1-2-15-14(16(22)20-8-7-11(10-20)17(23)24)9-19-21(15)13-5-3-12(18)4-6-13/h3-6,9,11H,2,7-8,10H2,1H3,(H,23,24)/t11-/m1/s1. The highest BCUT2D eigenvalue weighted by molar-refractivity contribution is 9.10. The summed E-state index contributed by atoms with van der Waals surface area (Å²) in [5.74, 6) is -1.45. The largest absolute Gasteiger partial charge is 0.481 e. The normalized spacial score (nSPS) is 17.2. The van der Waals surface area contributed by atoms with Crippen LogP contribution in [-0.2, 0) is 11.2 Å². The number of halogens is 1. The van der Waals surface area contributed by atoms with E-state index >= 15 is 0 Å². The fourth-order valence-corrected chi connectivity index (χ4v) is 3.28. The Bertz CT molecular complexity index is 770.